The SMILES string of the molecule is COc1cccc2cc(C(=O)N3CCN(S(=O)(=O)c4cc(C)ccc4C)CC3)oc12. The fourth-order valence-electron chi connectivity index (χ4n) is 3.71. The Kier molecular flexibility index (Phi) is 5.29. The van der Waals surface area contributed by atoms with Crippen molar-refractivity contribution < 1.29 is 22.4 Å². The van der Waals surface area contributed by atoms with Crippen molar-refractivity contribution in [2.75, 3.05) is 33.3 Å². The third-order valence-corrected chi connectivity index (χ3v) is 7.47. The molecule has 1 aliphatic rings. The number of sulfonamides is 1. The highest BCUT2D eigenvalue weighted by Crippen LogP contribution is 2.29. The van der Waals surface area contributed by atoms with Gasteiger partial charge in [-0.05, 0) is 43.2 Å². The minimum atomic E-state index is -3.60. The summed E-state index contributed by atoms with van der Waals surface area (Å²) >= 11 is 0. The molecule has 0 N–H and O–H groups in total. The first-order chi connectivity index (χ1) is 14.3. The van der Waals surface area contributed by atoms with Crippen LogP contribution in [0, 0.1) is 13.8 Å². The fraction of sp³-hybridized carbons (Fsp3) is 0.318. The van der Waals surface area contributed by atoms with Gasteiger partial charge in [-0.1, -0.05) is 24.3 Å². The molecular weight excluding hydrogens is 404 g/mol. The number of hydrogen-bond acceptors (Lipinski definition) is 5. The van der Waals surface area contributed by atoms with Crippen molar-refractivity contribution in [1.82, 2.24) is 9.21 Å². The molecule has 1 aliphatic heterocycles. The third-order valence-electron chi connectivity index (χ3n) is 5.43. The van der Waals surface area contributed by atoms with E-state index in [9.17, 15) is 13.2 Å². The Balaban J connectivity index is 1.50. The van der Waals surface area contributed by atoms with Crippen LogP contribution < -0.4 is 4.74 Å². The summed E-state index contributed by atoms with van der Waals surface area (Å²) in [6.45, 7) is 4.75. The van der Waals surface area contributed by atoms with Gasteiger partial charge in [-0.2, -0.15) is 4.31 Å². The average molecular weight is 429 g/mol. The average Bonchev–Trinajstić information content (AvgIpc) is 3.19. The van der Waals surface area contributed by atoms with E-state index in [0.29, 0.717) is 29.3 Å². The molecule has 1 fully saturated rings. The smallest absolute Gasteiger partial charge is 0.289 e. The highest BCUT2D eigenvalue weighted by molar-refractivity contribution is 7.89. The van der Waals surface area contributed by atoms with E-state index in [-0.39, 0.29) is 24.8 Å². The van der Waals surface area contributed by atoms with Gasteiger partial charge in [0.25, 0.3) is 5.91 Å². The molecule has 0 spiro atoms. The number of furan rings is 1. The van der Waals surface area contributed by atoms with E-state index in [2.05, 4.69) is 0 Å². The molecule has 2 aromatic carbocycles. The Morgan fingerprint density at radius 1 is 1.03 bits per heavy atom. The quantitative estimate of drug-likeness (QED) is 0.638. The lowest BCUT2D eigenvalue weighted by molar-refractivity contribution is 0.0668. The third kappa shape index (κ3) is 3.57. The number of amides is 1. The molecule has 0 unspecified atom stereocenters. The van der Waals surface area contributed by atoms with Crippen LogP contribution in [0.25, 0.3) is 11.0 Å². The zero-order valence-electron chi connectivity index (χ0n) is 17.2. The number of benzene rings is 2. The maximum Gasteiger partial charge on any atom is 0.289 e. The van der Waals surface area contributed by atoms with Gasteiger partial charge in [0.05, 0.1) is 12.0 Å². The predicted molar refractivity (Wildman–Crippen MR) is 113 cm³/mol. The number of carbonyl (C=O) groups excluding carboxylic acids is 1. The monoisotopic (exact) mass is 428 g/mol. The lowest BCUT2D eigenvalue weighted by atomic mass is 10.2. The van der Waals surface area contributed by atoms with E-state index in [0.717, 1.165) is 16.5 Å². The van der Waals surface area contributed by atoms with Gasteiger partial charge in [0.15, 0.2) is 17.1 Å². The fourth-order valence-corrected chi connectivity index (χ4v) is 5.45. The molecular formula is C22H24N2O5S. The Morgan fingerprint density at radius 3 is 2.47 bits per heavy atom. The number of methoxy groups -OCH3 is 1. The maximum absolute atomic E-state index is 13.1. The van der Waals surface area contributed by atoms with Crippen LogP contribution in [0.2, 0.25) is 0 Å². The number of fused-ring (bicyclic) bond motifs is 1. The van der Waals surface area contributed by atoms with E-state index in [4.69, 9.17) is 9.15 Å². The van der Waals surface area contributed by atoms with Crippen molar-refractivity contribution in [3.8, 4) is 5.75 Å². The van der Waals surface area contributed by atoms with Gasteiger partial charge in [0, 0.05) is 31.6 Å². The van der Waals surface area contributed by atoms with Crippen molar-refractivity contribution in [2.24, 2.45) is 0 Å². The predicted octanol–water partition coefficient (Wildman–Crippen LogP) is 3.20. The summed E-state index contributed by atoms with van der Waals surface area (Å²) in [5.41, 5.74) is 2.14. The molecule has 4 rings (SSSR count). The minimum absolute atomic E-state index is 0.223. The molecule has 1 amide bonds. The van der Waals surface area contributed by atoms with E-state index >= 15 is 0 Å². The first kappa shape index (κ1) is 20.4. The lowest BCUT2D eigenvalue weighted by Gasteiger charge is -2.33. The van der Waals surface area contributed by atoms with Gasteiger partial charge >= 0.3 is 0 Å². The highest BCUT2D eigenvalue weighted by atomic mass is 32.2. The second-order valence-corrected chi connectivity index (χ2v) is 9.36. The summed E-state index contributed by atoms with van der Waals surface area (Å²) in [5, 5.41) is 0.786. The van der Waals surface area contributed by atoms with E-state index < -0.39 is 10.0 Å². The molecule has 0 saturated carbocycles. The molecule has 3 aromatic rings. The van der Waals surface area contributed by atoms with Crippen LogP contribution in [0.1, 0.15) is 21.7 Å². The topological polar surface area (TPSA) is 80.1 Å². The lowest BCUT2D eigenvalue weighted by Crippen LogP contribution is -2.50. The Labute approximate surface area is 175 Å². The van der Waals surface area contributed by atoms with Crippen LogP contribution in [-0.4, -0.2) is 56.8 Å². The largest absolute Gasteiger partial charge is 0.493 e. The molecule has 2 heterocycles. The zero-order chi connectivity index (χ0) is 21.5. The highest BCUT2D eigenvalue weighted by Gasteiger charge is 2.32. The molecule has 0 aliphatic carbocycles. The number of carbonyl (C=O) groups is 1. The van der Waals surface area contributed by atoms with Crippen molar-refractivity contribution in [3.05, 3.63) is 59.4 Å². The molecule has 0 bridgehead atoms. The number of piperazine rings is 1. The van der Waals surface area contributed by atoms with Crippen molar-refractivity contribution in [1.29, 1.82) is 0 Å². The zero-order valence-corrected chi connectivity index (χ0v) is 18.0. The Bertz CT molecular complexity index is 1210. The van der Waals surface area contributed by atoms with Crippen LogP contribution in [0.4, 0.5) is 0 Å². The van der Waals surface area contributed by atoms with Gasteiger partial charge in [-0.25, -0.2) is 8.42 Å². The number of rotatable bonds is 4. The van der Waals surface area contributed by atoms with Gasteiger partial charge in [-0.15, -0.1) is 0 Å². The van der Waals surface area contributed by atoms with Crippen LogP contribution >= 0.6 is 0 Å². The molecule has 1 aromatic heterocycles. The van der Waals surface area contributed by atoms with E-state index in [1.165, 1.54) is 4.31 Å². The summed E-state index contributed by atoms with van der Waals surface area (Å²) in [7, 11) is -2.05. The first-order valence-electron chi connectivity index (χ1n) is 9.74. The number of hydrogen-bond donors (Lipinski definition) is 0. The Morgan fingerprint density at radius 2 is 1.77 bits per heavy atom. The summed E-state index contributed by atoms with van der Waals surface area (Å²) in [5.74, 6) is 0.536. The second kappa shape index (κ2) is 7.77. The second-order valence-electron chi connectivity index (χ2n) is 7.45. The van der Waals surface area contributed by atoms with Crippen LogP contribution in [0.15, 0.2) is 51.8 Å². The maximum atomic E-state index is 13.1. The van der Waals surface area contributed by atoms with Crippen LogP contribution in [-0.2, 0) is 10.0 Å². The molecule has 30 heavy (non-hydrogen) atoms. The molecule has 8 heteroatoms. The Hall–Kier alpha value is -2.84. The standard InChI is InChI=1S/C22H24N2O5S/c1-15-7-8-16(2)20(13-15)30(26,27)24-11-9-23(10-12-24)22(25)19-14-17-5-4-6-18(28-3)21(17)29-19/h4-8,13-14H,9-12H2,1-3H3. The van der Waals surface area contributed by atoms with Crippen molar-refractivity contribution >= 4 is 26.9 Å². The van der Waals surface area contributed by atoms with E-state index in [1.807, 2.05) is 31.2 Å². The number of para-hydroxylation sites is 1. The first-order valence-corrected chi connectivity index (χ1v) is 11.2. The molecule has 1 saturated heterocycles. The summed E-state index contributed by atoms with van der Waals surface area (Å²) < 4.78 is 38.6. The van der Waals surface area contributed by atoms with Gasteiger partial charge in [0.2, 0.25) is 10.0 Å². The normalized spacial score (nSPS) is 15.5. The molecule has 0 atom stereocenters. The van der Waals surface area contributed by atoms with Gasteiger partial charge in [-0.3, -0.25) is 4.79 Å². The number of ether oxygens (including phenoxy) is 1. The van der Waals surface area contributed by atoms with Crippen LogP contribution in [0.3, 0.4) is 0 Å². The van der Waals surface area contributed by atoms with Gasteiger partial charge < -0.3 is 14.1 Å². The van der Waals surface area contributed by atoms with E-state index in [1.54, 1.807) is 37.1 Å². The number of aryl methyl sites for hydroxylation is 2. The molecule has 0 radical (unpaired) electrons. The number of nitrogens with zero attached hydrogens (tertiary/aromatic N) is 2. The summed E-state index contributed by atoms with van der Waals surface area (Å²) in [6, 6.07) is 12.6. The van der Waals surface area contributed by atoms with Crippen LogP contribution in [0.5, 0.6) is 5.75 Å². The summed E-state index contributed by atoms with van der Waals surface area (Å²) in [4.78, 5) is 14.9. The minimum Gasteiger partial charge on any atom is -0.493 e. The van der Waals surface area contributed by atoms with Crippen molar-refractivity contribution in [3.63, 3.8) is 0 Å². The van der Waals surface area contributed by atoms with Gasteiger partial charge in [0.1, 0.15) is 0 Å². The molecule has 7 nitrogen and oxygen atoms in total. The van der Waals surface area contributed by atoms with Crippen molar-refractivity contribution in [2.45, 2.75) is 18.7 Å². The summed E-state index contributed by atoms with van der Waals surface area (Å²) in [6.07, 6.45) is 0. The molecule has 158 valence electrons.